The van der Waals surface area contributed by atoms with Gasteiger partial charge >= 0.3 is 0 Å². The van der Waals surface area contributed by atoms with E-state index in [0.717, 1.165) is 18.7 Å². The molecule has 0 radical (unpaired) electrons. The molecule has 1 aliphatic heterocycles. The van der Waals surface area contributed by atoms with E-state index in [1.54, 1.807) is 6.20 Å². The van der Waals surface area contributed by atoms with E-state index in [0.29, 0.717) is 5.92 Å². The normalized spacial score (nSPS) is 31.6. The second-order valence-electron chi connectivity index (χ2n) is 5.74. The Morgan fingerprint density at radius 3 is 2.58 bits per heavy atom. The molecule has 0 unspecified atom stereocenters. The van der Waals surface area contributed by atoms with Crippen LogP contribution in [0.5, 0.6) is 0 Å². The molecule has 1 aromatic rings. The van der Waals surface area contributed by atoms with Gasteiger partial charge in [0.15, 0.2) is 9.84 Å². The summed E-state index contributed by atoms with van der Waals surface area (Å²) in [7, 11) is -3.12. The van der Waals surface area contributed by atoms with Gasteiger partial charge in [0, 0.05) is 18.3 Å². The topological polar surface area (TPSA) is 72.2 Å². The standard InChI is InChI=1S/C13H20N2O3S/c16-12-9-19(17,18)8-11(12)15-7-6-14-13(15)10-4-2-1-3-5-10/h6-7,10-12,16H,1-5,8-9H2/t11-,12-/m1/s1. The first-order valence-electron chi connectivity index (χ1n) is 6.98. The van der Waals surface area contributed by atoms with Crippen molar-refractivity contribution in [2.45, 2.75) is 50.2 Å². The van der Waals surface area contributed by atoms with Crippen molar-refractivity contribution in [1.82, 2.24) is 9.55 Å². The Balaban J connectivity index is 1.87. The molecular weight excluding hydrogens is 264 g/mol. The zero-order valence-corrected chi connectivity index (χ0v) is 11.7. The predicted octanol–water partition coefficient (Wildman–Crippen LogP) is 1.26. The molecule has 1 aliphatic carbocycles. The van der Waals surface area contributed by atoms with Gasteiger partial charge in [-0.15, -0.1) is 0 Å². The third kappa shape index (κ3) is 2.56. The number of aliphatic hydroxyl groups is 1. The molecule has 0 spiro atoms. The van der Waals surface area contributed by atoms with Crippen LogP contribution in [0, 0.1) is 0 Å². The minimum atomic E-state index is -3.12. The molecule has 106 valence electrons. The van der Waals surface area contributed by atoms with Crippen LogP contribution in [0.25, 0.3) is 0 Å². The molecule has 5 nitrogen and oxygen atoms in total. The summed E-state index contributed by atoms with van der Waals surface area (Å²) < 4.78 is 25.2. The van der Waals surface area contributed by atoms with Gasteiger partial charge in [0.1, 0.15) is 5.82 Å². The van der Waals surface area contributed by atoms with Gasteiger partial charge in [0.05, 0.1) is 23.7 Å². The molecule has 1 aromatic heterocycles. The number of nitrogens with zero attached hydrogens (tertiary/aromatic N) is 2. The van der Waals surface area contributed by atoms with E-state index in [-0.39, 0.29) is 17.5 Å². The Hall–Kier alpha value is -0.880. The highest BCUT2D eigenvalue weighted by molar-refractivity contribution is 7.91. The van der Waals surface area contributed by atoms with Gasteiger partial charge in [-0.3, -0.25) is 0 Å². The second kappa shape index (κ2) is 4.90. The van der Waals surface area contributed by atoms with Crippen LogP contribution in [-0.2, 0) is 9.84 Å². The summed E-state index contributed by atoms with van der Waals surface area (Å²) >= 11 is 0. The highest BCUT2D eigenvalue weighted by Gasteiger charge is 2.39. The minimum Gasteiger partial charge on any atom is -0.390 e. The third-order valence-corrected chi connectivity index (χ3v) is 6.02. The molecule has 2 atom stereocenters. The molecule has 2 fully saturated rings. The molecule has 0 amide bonds. The minimum absolute atomic E-state index is 0.0320. The fraction of sp³-hybridized carbons (Fsp3) is 0.769. The van der Waals surface area contributed by atoms with E-state index >= 15 is 0 Å². The van der Waals surface area contributed by atoms with Crippen LogP contribution in [0.15, 0.2) is 12.4 Å². The smallest absolute Gasteiger partial charge is 0.155 e. The van der Waals surface area contributed by atoms with Gasteiger partial charge in [-0.2, -0.15) is 0 Å². The van der Waals surface area contributed by atoms with Crippen LogP contribution in [0.1, 0.15) is 49.9 Å². The molecule has 0 bridgehead atoms. The number of sulfone groups is 1. The lowest BCUT2D eigenvalue weighted by Crippen LogP contribution is -2.24. The van der Waals surface area contributed by atoms with Crippen LogP contribution in [0.3, 0.4) is 0 Å². The van der Waals surface area contributed by atoms with E-state index in [1.165, 1.54) is 19.3 Å². The highest BCUT2D eigenvalue weighted by Crippen LogP contribution is 2.34. The summed E-state index contributed by atoms with van der Waals surface area (Å²) in [5.41, 5.74) is 0. The summed E-state index contributed by atoms with van der Waals surface area (Å²) in [5.74, 6) is 1.28. The average molecular weight is 284 g/mol. The number of rotatable bonds is 2. The number of imidazole rings is 1. The largest absolute Gasteiger partial charge is 0.390 e. The molecule has 1 saturated heterocycles. The monoisotopic (exact) mass is 284 g/mol. The van der Waals surface area contributed by atoms with Gasteiger partial charge in [-0.05, 0) is 12.8 Å². The predicted molar refractivity (Wildman–Crippen MR) is 71.8 cm³/mol. The van der Waals surface area contributed by atoms with Crippen molar-refractivity contribution in [2.24, 2.45) is 0 Å². The molecule has 3 rings (SSSR count). The van der Waals surface area contributed by atoms with E-state index in [2.05, 4.69) is 4.98 Å². The maximum Gasteiger partial charge on any atom is 0.155 e. The summed E-state index contributed by atoms with van der Waals surface area (Å²) in [6.45, 7) is 0. The zero-order chi connectivity index (χ0) is 13.5. The first kappa shape index (κ1) is 13.1. The summed E-state index contributed by atoms with van der Waals surface area (Å²) in [6.07, 6.45) is 8.67. The van der Waals surface area contributed by atoms with Crippen molar-refractivity contribution in [1.29, 1.82) is 0 Å². The van der Waals surface area contributed by atoms with Gasteiger partial charge in [0.25, 0.3) is 0 Å². The molecule has 1 saturated carbocycles. The van der Waals surface area contributed by atoms with Crippen LogP contribution in [-0.4, -0.2) is 40.7 Å². The van der Waals surface area contributed by atoms with E-state index in [1.807, 2.05) is 10.8 Å². The van der Waals surface area contributed by atoms with Crippen molar-refractivity contribution >= 4 is 9.84 Å². The maximum atomic E-state index is 11.6. The van der Waals surface area contributed by atoms with Gasteiger partial charge in [-0.1, -0.05) is 19.3 Å². The number of hydrogen-bond acceptors (Lipinski definition) is 4. The van der Waals surface area contributed by atoms with Gasteiger partial charge < -0.3 is 9.67 Å². The van der Waals surface area contributed by atoms with Crippen LogP contribution < -0.4 is 0 Å². The SMILES string of the molecule is O=S1(=O)C[C@@H](O)[C@H](n2ccnc2C2CCCCC2)C1. The third-order valence-electron chi connectivity index (χ3n) is 4.32. The lowest BCUT2D eigenvalue weighted by molar-refractivity contribution is 0.150. The lowest BCUT2D eigenvalue weighted by Gasteiger charge is -2.25. The van der Waals surface area contributed by atoms with Crippen molar-refractivity contribution in [3.63, 3.8) is 0 Å². The summed E-state index contributed by atoms with van der Waals surface area (Å²) in [6, 6.07) is -0.357. The van der Waals surface area contributed by atoms with Gasteiger partial charge in [0.2, 0.25) is 0 Å². The Kier molecular flexibility index (Phi) is 3.39. The summed E-state index contributed by atoms with van der Waals surface area (Å²) in [5, 5.41) is 9.99. The number of hydrogen-bond donors (Lipinski definition) is 1. The number of aromatic nitrogens is 2. The zero-order valence-electron chi connectivity index (χ0n) is 10.9. The van der Waals surface area contributed by atoms with Crippen molar-refractivity contribution < 1.29 is 13.5 Å². The van der Waals surface area contributed by atoms with Crippen molar-refractivity contribution in [2.75, 3.05) is 11.5 Å². The van der Waals surface area contributed by atoms with Crippen molar-refractivity contribution in [3.05, 3.63) is 18.2 Å². The fourth-order valence-electron chi connectivity index (χ4n) is 3.36. The molecule has 2 heterocycles. The molecule has 19 heavy (non-hydrogen) atoms. The van der Waals surface area contributed by atoms with Crippen LogP contribution in [0.2, 0.25) is 0 Å². The van der Waals surface area contributed by atoms with Crippen LogP contribution in [0.4, 0.5) is 0 Å². The Morgan fingerprint density at radius 2 is 1.95 bits per heavy atom. The molecule has 6 heteroatoms. The maximum absolute atomic E-state index is 11.6. The van der Waals surface area contributed by atoms with Crippen molar-refractivity contribution in [3.8, 4) is 0 Å². The Labute approximate surface area is 113 Å². The first-order valence-corrected chi connectivity index (χ1v) is 8.80. The average Bonchev–Trinajstić information content (AvgIpc) is 2.94. The quantitative estimate of drug-likeness (QED) is 0.887. The Bertz CT molecular complexity index is 546. The highest BCUT2D eigenvalue weighted by atomic mass is 32.2. The molecule has 0 aromatic carbocycles. The summed E-state index contributed by atoms with van der Waals surface area (Å²) in [4.78, 5) is 4.42. The number of aliphatic hydroxyl groups excluding tert-OH is 1. The fourth-order valence-corrected chi connectivity index (χ4v) is 5.14. The molecule has 1 N–H and O–H groups in total. The molecule has 2 aliphatic rings. The second-order valence-corrected chi connectivity index (χ2v) is 7.89. The Morgan fingerprint density at radius 1 is 1.21 bits per heavy atom. The van der Waals surface area contributed by atoms with E-state index in [9.17, 15) is 13.5 Å². The first-order chi connectivity index (χ1) is 9.07. The van der Waals surface area contributed by atoms with E-state index in [4.69, 9.17) is 0 Å². The molecular formula is C13H20N2O3S. The lowest BCUT2D eigenvalue weighted by atomic mass is 9.88. The van der Waals surface area contributed by atoms with Crippen LogP contribution >= 0.6 is 0 Å². The van der Waals surface area contributed by atoms with E-state index < -0.39 is 15.9 Å². The van der Waals surface area contributed by atoms with Gasteiger partial charge in [-0.25, -0.2) is 13.4 Å².